The van der Waals surface area contributed by atoms with E-state index in [9.17, 15) is 9.18 Å². The molecule has 0 spiro atoms. The van der Waals surface area contributed by atoms with Gasteiger partial charge in [-0.25, -0.2) is 9.07 Å². The smallest absolute Gasteiger partial charge is 0.248 e. The van der Waals surface area contributed by atoms with Crippen molar-refractivity contribution < 1.29 is 9.18 Å². The van der Waals surface area contributed by atoms with Gasteiger partial charge in [0.1, 0.15) is 18.7 Å². The van der Waals surface area contributed by atoms with Crippen LogP contribution in [0.3, 0.4) is 0 Å². The average molecular weight is 340 g/mol. The highest BCUT2D eigenvalue weighted by atomic mass is 79.9. The van der Waals surface area contributed by atoms with Crippen LogP contribution >= 0.6 is 15.9 Å². The van der Waals surface area contributed by atoms with Gasteiger partial charge in [0.05, 0.1) is 5.69 Å². The summed E-state index contributed by atoms with van der Waals surface area (Å²) < 4.78 is 15.9. The van der Waals surface area contributed by atoms with Gasteiger partial charge in [0, 0.05) is 16.6 Å². The highest BCUT2D eigenvalue weighted by molar-refractivity contribution is 9.10. The lowest BCUT2D eigenvalue weighted by molar-refractivity contribution is -0.119. The third kappa shape index (κ3) is 2.43. The van der Waals surface area contributed by atoms with Crippen LogP contribution in [0, 0.1) is 5.82 Å². The number of hydrogen-bond donors (Lipinski definition) is 0. The molecular formula is C12H11BrFN5O. The van der Waals surface area contributed by atoms with Crippen molar-refractivity contribution in [2.24, 2.45) is 0 Å². The number of hydrogen-bond acceptors (Lipinski definition) is 4. The fourth-order valence-corrected chi connectivity index (χ4v) is 2.77. The van der Waals surface area contributed by atoms with Crippen LogP contribution in [-0.4, -0.2) is 32.7 Å². The van der Waals surface area contributed by atoms with Gasteiger partial charge in [-0.05, 0) is 35.4 Å². The van der Waals surface area contributed by atoms with Crippen molar-refractivity contribution in [1.29, 1.82) is 0 Å². The molecule has 1 aromatic carbocycles. The summed E-state index contributed by atoms with van der Waals surface area (Å²) in [5, 5.41) is 10.6. The lowest BCUT2D eigenvalue weighted by Crippen LogP contribution is -2.38. The minimum Gasteiger partial charge on any atom is -0.310 e. The molecule has 1 aromatic heterocycles. The van der Waals surface area contributed by atoms with Crippen LogP contribution < -0.4 is 4.90 Å². The predicted molar refractivity (Wildman–Crippen MR) is 72.6 cm³/mol. The summed E-state index contributed by atoms with van der Waals surface area (Å²) in [5.74, 6) is -0.440. The van der Waals surface area contributed by atoms with Gasteiger partial charge in [0.25, 0.3) is 0 Å². The molecule has 2 heterocycles. The number of anilines is 1. The van der Waals surface area contributed by atoms with E-state index in [1.807, 2.05) is 0 Å². The van der Waals surface area contributed by atoms with Crippen molar-refractivity contribution in [2.45, 2.75) is 19.4 Å². The number of carbonyl (C=O) groups excluding carboxylic acids is 1. The van der Waals surface area contributed by atoms with Crippen molar-refractivity contribution in [3.05, 3.63) is 34.3 Å². The van der Waals surface area contributed by atoms with E-state index in [-0.39, 0.29) is 18.3 Å². The Bertz CT molecular complexity index is 646. The second-order valence-electron chi connectivity index (χ2n) is 4.54. The fourth-order valence-electron chi connectivity index (χ4n) is 2.35. The van der Waals surface area contributed by atoms with Gasteiger partial charge < -0.3 is 4.90 Å². The standard InChI is InChI=1S/C12H11BrFN5O/c13-8-4-10(14)9-2-1-3-19(11(9)5-8)12(20)6-18-7-15-16-17-18/h4-5,7H,1-3,6H2. The summed E-state index contributed by atoms with van der Waals surface area (Å²) in [6.07, 6.45) is 2.76. The minimum absolute atomic E-state index is 0.0422. The molecule has 0 N–H and O–H groups in total. The molecule has 0 bridgehead atoms. The molecule has 1 aliphatic heterocycles. The van der Waals surface area contributed by atoms with Gasteiger partial charge in [-0.2, -0.15) is 0 Å². The van der Waals surface area contributed by atoms with E-state index in [2.05, 4.69) is 31.5 Å². The first-order valence-electron chi connectivity index (χ1n) is 6.14. The first-order chi connectivity index (χ1) is 9.65. The van der Waals surface area contributed by atoms with Gasteiger partial charge in [0.2, 0.25) is 5.91 Å². The van der Waals surface area contributed by atoms with Gasteiger partial charge in [-0.15, -0.1) is 5.10 Å². The first-order valence-corrected chi connectivity index (χ1v) is 6.93. The van der Waals surface area contributed by atoms with Gasteiger partial charge in [-0.1, -0.05) is 15.9 Å². The summed E-state index contributed by atoms with van der Waals surface area (Å²) in [7, 11) is 0. The summed E-state index contributed by atoms with van der Waals surface area (Å²) in [6, 6.07) is 3.20. The Labute approximate surface area is 122 Å². The predicted octanol–water partition coefficient (Wildman–Crippen LogP) is 1.55. The van der Waals surface area contributed by atoms with Crippen molar-refractivity contribution in [2.75, 3.05) is 11.4 Å². The number of benzene rings is 1. The second kappa shape index (κ2) is 5.28. The molecule has 1 amide bonds. The Morgan fingerprint density at radius 1 is 1.45 bits per heavy atom. The van der Waals surface area contributed by atoms with Crippen LogP contribution in [0.25, 0.3) is 0 Å². The quantitative estimate of drug-likeness (QED) is 0.832. The van der Waals surface area contributed by atoms with E-state index < -0.39 is 0 Å². The van der Waals surface area contributed by atoms with E-state index in [0.717, 1.165) is 6.42 Å². The Kier molecular flexibility index (Phi) is 3.47. The number of nitrogens with zero attached hydrogens (tertiary/aromatic N) is 5. The van der Waals surface area contributed by atoms with Crippen LogP contribution in [-0.2, 0) is 17.8 Å². The summed E-state index contributed by atoms with van der Waals surface area (Å²) in [5.41, 5.74) is 1.21. The molecule has 0 fully saturated rings. The van der Waals surface area contributed by atoms with Gasteiger partial charge >= 0.3 is 0 Å². The SMILES string of the molecule is O=C(Cn1cnnn1)N1CCCc2c(F)cc(Br)cc21. The molecule has 2 aromatic rings. The van der Waals surface area contributed by atoms with Crippen LogP contribution in [0.2, 0.25) is 0 Å². The molecule has 8 heteroatoms. The normalized spacial score (nSPS) is 14.2. The maximum atomic E-state index is 13.9. The third-order valence-corrected chi connectivity index (χ3v) is 3.68. The van der Waals surface area contributed by atoms with Crippen LogP contribution in [0.15, 0.2) is 22.9 Å². The zero-order chi connectivity index (χ0) is 14.1. The molecule has 104 valence electrons. The maximum Gasteiger partial charge on any atom is 0.248 e. The molecule has 0 radical (unpaired) electrons. The monoisotopic (exact) mass is 339 g/mol. The van der Waals surface area contributed by atoms with Crippen LogP contribution in [0.4, 0.5) is 10.1 Å². The Balaban J connectivity index is 1.91. The summed E-state index contributed by atoms with van der Waals surface area (Å²) in [6.45, 7) is 0.616. The molecule has 0 aliphatic carbocycles. The Morgan fingerprint density at radius 3 is 3.05 bits per heavy atom. The van der Waals surface area contributed by atoms with E-state index in [4.69, 9.17) is 0 Å². The molecular weight excluding hydrogens is 329 g/mol. The van der Waals surface area contributed by atoms with Gasteiger partial charge in [0.15, 0.2) is 0 Å². The van der Waals surface area contributed by atoms with E-state index in [1.165, 1.54) is 17.1 Å². The third-order valence-electron chi connectivity index (χ3n) is 3.23. The van der Waals surface area contributed by atoms with Crippen molar-refractivity contribution in [1.82, 2.24) is 20.2 Å². The zero-order valence-electron chi connectivity index (χ0n) is 10.5. The number of amides is 1. The highest BCUT2D eigenvalue weighted by Crippen LogP contribution is 2.32. The first kappa shape index (κ1) is 13.2. The molecule has 20 heavy (non-hydrogen) atoms. The largest absolute Gasteiger partial charge is 0.310 e. The number of tetrazole rings is 1. The fraction of sp³-hybridized carbons (Fsp3) is 0.333. The molecule has 1 aliphatic rings. The average Bonchev–Trinajstić information content (AvgIpc) is 2.90. The van der Waals surface area contributed by atoms with E-state index in [0.29, 0.717) is 28.7 Å². The van der Waals surface area contributed by atoms with E-state index >= 15 is 0 Å². The molecule has 3 rings (SSSR count). The van der Waals surface area contributed by atoms with Crippen LogP contribution in [0.5, 0.6) is 0 Å². The number of halogens is 2. The lowest BCUT2D eigenvalue weighted by Gasteiger charge is -2.29. The van der Waals surface area contributed by atoms with Crippen LogP contribution in [0.1, 0.15) is 12.0 Å². The molecule has 6 nitrogen and oxygen atoms in total. The molecule has 0 saturated carbocycles. The lowest BCUT2D eigenvalue weighted by atomic mass is 10.0. The Morgan fingerprint density at radius 2 is 2.30 bits per heavy atom. The number of rotatable bonds is 2. The van der Waals surface area contributed by atoms with Crippen molar-refractivity contribution in [3.8, 4) is 0 Å². The highest BCUT2D eigenvalue weighted by Gasteiger charge is 2.25. The topological polar surface area (TPSA) is 63.9 Å². The second-order valence-corrected chi connectivity index (χ2v) is 5.46. The molecule has 0 unspecified atom stereocenters. The minimum atomic E-state index is -0.283. The molecule has 0 atom stereocenters. The van der Waals surface area contributed by atoms with Crippen molar-refractivity contribution >= 4 is 27.5 Å². The van der Waals surface area contributed by atoms with E-state index in [1.54, 1.807) is 11.0 Å². The maximum absolute atomic E-state index is 13.9. The Hall–Kier alpha value is -1.83. The van der Waals surface area contributed by atoms with Gasteiger partial charge in [-0.3, -0.25) is 4.79 Å². The summed E-state index contributed by atoms with van der Waals surface area (Å²) in [4.78, 5) is 13.9. The summed E-state index contributed by atoms with van der Waals surface area (Å²) >= 11 is 3.26. The number of fused-ring (bicyclic) bond motifs is 1. The number of aromatic nitrogens is 4. The van der Waals surface area contributed by atoms with Crippen molar-refractivity contribution in [3.63, 3.8) is 0 Å². The zero-order valence-corrected chi connectivity index (χ0v) is 12.0. The number of carbonyl (C=O) groups is 1. The molecule has 0 saturated heterocycles.